The van der Waals surface area contributed by atoms with Crippen molar-refractivity contribution in [2.45, 2.75) is 25.9 Å². The number of furan rings is 1. The van der Waals surface area contributed by atoms with Gasteiger partial charge in [0.15, 0.2) is 5.65 Å². The maximum atomic E-state index is 9.54. The molecule has 0 spiro atoms. The largest absolute Gasteiger partial charge is 0.472 e. The van der Waals surface area contributed by atoms with Crippen molar-refractivity contribution in [3.8, 4) is 0 Å². The van der Waals surface area contributed by atoms with E-state index in [2.05, 4.69) is 19.9 Å². The van der Waals surface area contributed by atoms with Gasteiger partial charge in [0.1, 0.15) is 11.6 Å². The molecule has 1 fully saturated rings. The van der Waals surface area contributed by atoms with E-state index in [0.29, 0.717) is 0 Å². The monoisotopic (exact) mass is 356 g/mol. The van der Waals surface area contributed by atoms with E-state index in [1.807, 2.05) is 26.2 Å². The van der Waals surface area contributed by atoms with Gasteiger partial charge in [-0.1, -0.05) is 0 Å². The lowest BCUT2D eigenvalue weighted by atomic mass is 10.1. The minimum atomic E-state index is 0.172. The van der Waals surface area contributed by atoms with Crippen LogP contribution in [0, 0.1) is 6.92 Å². The van der Waals surface area contributed by atoms with Gasteiger partial charge in [-0.05, 0) is 19.4 Å². The van der Waals surface area contributed by atoms with E-state index in [1.165, 1.54) is 0 Å². The summed E-state index contributed by atoms with van der Waals surface area (Å²) in [4.78, 5) is 13.9. The number of anilines is 1. The summed E-state index contributed by atoms with van der Waals surface area (Å²) < 4.78 is 6.98. The Morgan fingerprint density at radius 2 is 2.19 bits per heavy atom. The molecular formula is C18H24N6O2. The van der Waals surface area contributed by atoms with Gasteiger partial charge in [-0.2, -0.15) is 5.10 Å². The third-order valence-corrected chi connectivity index (χ3v) is 5.02. The van der Waals surface area contributed by atoms with Crippen molar-refractivity contribution in [1.29, 1.82) is 0 Å². The van der Waals surface area contributed by atoms with Crippen LogP contribution in [-0.2, 0) is 13.6 Å². The molecular weight excluding hydrogens is 332 g/mol. The summed E-state index contributed by atoms with van der Waals surface area (Å²) >= 11 is 0. The van der Waals surface area contributed by atoms with Gasteiger partial charge >= 0.3 is 0 Å². The third kappa shape index (κ3) is 3.17. The van der Waals surface area contributed by atoms with Crippen molar-refractivity contribution in [2.75, 3.05) is 31.1 Å². The Hall–Kier alpha value is -2.45. The van der Waals surface area contributed by atoms with Crippen LogP contribution in [0.15, 0.2) is 29.2 Å². The molecule has 0 amide bonds. The van der Waals surface area contributed by atoms with Crippen LogP contribution >= 0.6 is 0 Å². The molecule has 1 saturated heterocycles. The van der Waals surface area contributed by atoms with E-state index >= 15 is 0 Å². The first-order valence-electron chi connectivity index (χ1n) is 8.93. The maximum Gasteiger partial charge on any atom is 0.163 e. The van der Waals surface area contributed by atoms with Crippen LogP contribution in [-0.4, -0.2) is 62.0 Å². The zero-order chi connectivity index (χ0) is 18.1. The average molecular weight is 356 g/mol. The van der Waals surface area contributed by atoms with Gasteiger partial charge in [0.25, 0.3) is 0 Å². The lowest BCUT2D eigenvalue weighted by Crippen LogP contribution is -2.53. The second-order valence-electron chi connectivity index (χ2n) is 6.81. The predicted molar refractivity (Wildman–Crippen MR) is 97.9 cm³/mol. The molecule has 1 N–H and O–H groups in total. The fraction of sp³-hybridized carbons (Fsp3) is 0.500. The molecule has 1 atom stereocenters. The summed E-state index contributed by atoms with van der Waals surface area (Å²) in [7, 11) is 1.90. The topological polar surface area (TPSA) is 83.5 Å². The number of rotatable bonds is 5. The molecule has 4 heterocycles. The summed E-state index contributed by atoms with van der Waals surface area (Å²) in [6, 6.07) is 2.25. The Morgan fingerprint density at radius 3 is 2.96 bits per heavy atom. The van der Waals surface area contributed by atoms with Crippen LogP contribution in [0.4, 0.5) is 5.82 Å². The number of aryl methyl sites for hydroxylation is 2. The highest BCUT2D eigenvalue weighted by molar-refractivity contribution is 5.87. The number of piperazine rings is 1. The zero-order valence-corrected chi connectivity index (χ0v) is 15.2. The molecule has 0 unspecified atom stereocenters. The van der Waals surface area contributed by atoms with E-state index in [4.69, 9.17) is 9.40 Å². The highest BCUT2D eigenvalue weighted by Gasteiger charge is 2.29. The van der Waals surface area contributed by atoms with Gasteiger partial charge in [-0.25, -0.2) is 9.97 Å². The fourth-order valence-corrected chi connectivity index (χ4v) is 3.69. The molecule has 0 aromatic carbocycles. The Balaban J connectivity index is 1.59. The van der Waals surface area contributed by atoms with Crippen LogP contribution in [0.25, 0.3) is 11.0 Å². The van der Waals surface area contributed by atoms with E-state index in [-0.39, 0.29) is 12.6 Å². The van der Waals surface area contributed by atoms with E-state index < -0.39 is 0 Å². The Morgan fingerprint density at radius 1 is 1.31 bits per heavy atom. The van der Waals surface area contributed by atoms with Crippen molar-refractivity contribution >= 4 is 16.9 Å². The SMILES string of the molecule is Cc1nc(N2CCN(Cc3ccoc3)[C@H](CCO)C2)c2cnn(C)c2n1. The molecule has 0 radical (unpaired) electrons. The summed E-state index contributed by atoms with van der Waals surface area (Å²) in [5.41, 5.74) is 2.01. The van der Waals surface area contributed by atoms with Gasteiger partial charge in [0.05, 0.1) is 24.1 Å². The highest BCUT2D eigenvalue weighted by Crippen LogP contribution is 2.27. The molecule has 0 saturated carbocycles. The minimum absolute atomic E-state index is 0.172. The lowest BCUT2D eigenvalue weighted by Gasteiger charge is -2.42. The number of aromatic nitrogens is 4. The number of nitrogens with zero attached hydrogens (tertiary/aromatic N) is 6. The first-order chi connectivity index (χ1) is 12.7. The summed E-state index contributed by atoms with van der Waals surface area (Å²) in [6.45, 7) is 5.52. The van der Waals surface area contributed by atoms with Crippen LogP contribution in [0.5, 0.6) is 0 Å². The quantitative estimate of drug-likeness (QED) is 0.738. The summed E-state index contributed by atoms with van der Waals surface area (Å²) in [5, 5.41) is 14.9. The molecule has 3 aromatic rings. The molecule has 0 bridgehead atoms. The zero-order valence-electron chi connectivity index (χ0n) is 15.2. The molecule has 4 rings (SSSR count). The second-order valence-corrected chi connectivity index (χ2v) is 6.81. The number of hydrogen-bond donors (Lipinski definition) is 1. The number of fused-ring (bicyclic) bond motifs is 1. The van der Waals surface area contributed by atoms with Crippen LogP contribution < -0.4 is 4.90 Å². The smallest absolute Gasteiger partial charge is 0.163 e. The van der Waals surface area contributed by atoms with Crippen molar-refractivity contribution in [3.05, 3.63) is 36.2 Å². The number of hydrogen-bond acceptors (Lipinski definition) is 7. The van der Waals surface area contributed by atoms with Crippen molar-refractivity contribution < 1.29 is 9.52 Å². The summed E-state index contributed by atoms with van der Waals surface area (Å²) in [6.07, 6.45) is 6.06. The second kappa shape index (κ2) is 7.05. The number of aliphatic hydroxyl groups is 1. The van der Waals surface area contributed by atoms with Gasteiger partial charge < -0.3 is 14.4 Å². The standard InChI is InChI=1S/C18H24N6O2/c1-13-20-17-16(9-19-22(17)2)18(21-13)24-6-5-23(15(11-24)3-7-25)10-14-4-8-26-12-14/h4,8-9,12,15,25H,3,5-7,10-11H2,1-2H3/t15-/m1/s1. The van der Waals surface area contributed by atoms with Crippen molar-refractivity contribution in [1.82, 2.24) is 24.6 Å². The fourth-order valence-electron chi connectivity index (χ4n) is 3.69. The first-order valence-corrected chi connectivity index (χ1v) is 8.93. The molecule has 138 valence electrons. The van der Waals surface area contributed by atoms with Crippen LogP contribution in [0.1, 0.15) is 17.8 Å². The van der Waals surface area contributed by atoms with Gasteiger partial charge in [0, 0.05) is 51.4 Å². The predicted octanol–water partition coefficient (Wildman–Crippen LogP) is 1.34. The highest BCUT2D eigenvalue weighted by atomic mass is 16.3. The first kappa shape index (κ1) is 17.0. The van der Waals surface area contributed by atoms with Gasteiger partial charge in [-0.15, -0.1) is 0 Å². The van der Waals surface area contributed by atoms with Crippen molar-refractivity contribution in [3.63, 3.8) is 0 Å². The third-order valence-electron chi connectivity index (χ3n) is 5.02. The normalized spacial score (nSPS) is 18.7. The van der Waals surface area contributed by atoms with Gasteiger partial charge in [-0.3, -0.25) is 9.58 Å². The number of aliphatic hydroxyl groups excluding tert-OH is 1. The minimum Gasteiger partial charge on any atom is -0.472 e. The maximum absolute atomic E-state index is 9.54. The van der Waals surface area contributed by atoms with E-state index in [0.717, 1.165) is 60.8 Å². The molecule has 26 heavy (non-hydrogen) atoms. The van der Waals surface area contributed by atoms with Crippen LogP contribution in [0.2, 0.25) is 0 Å². The van der Waals surface area contributed by atoms with Crippen molar-refractivity contribution in [2.24, 2.45) is 7.05 Å². The van der Waals surface area contributed by atoms with Crippen LogP contribution in [0.3, 0.4) is 0 Å². The average Bonchev–Trinajstić information content (AvgIpc) is 3.27. The Kier molecular flexibility index (Phi) is 4.60. The Bertz CT molecular complexity index is 875. The molecule has 3 aromatic heterocycles. The molecule has 0 aliphatic carbocycles. The molecule has 8 heteroatoms. The lowest BCUT2D eigenvalue weighted by molar-refractivity contribution is 0.135. The summed E-state index contributed by atoms with van der Waals surface area (Å²) in [5.74, 6) is 1.68. The molecule has 8 nitrogen and oxygen atoms in total. The van der Waals surface area contributed by atoms with E-state index in [1.54, 1.807) is 17.2 Å². The molecule has 1 aliphatic heterocycles. The molecule has 1 aliphatic rings. The van der Waals surface area contributed by atoms with Gasteiger partial charge in [0.2, 0.25) is 0 Å². The van der Waals surface area contributed by atoms with E-state index in [9.17, 15) is 5.11 Å². The Labute approximate surface area is 152 Å².